The van der Waals surface area contributed by atoms with E-state index in [1.807, 2.05) is 13.8 Å². The highest BCUT2D eigenvalue weighted by Crippen LogP contribution is 2.35. The fraction of sp³-hybridized carbons (Fsp3) is 0.818. The lowest BCUT2D eigenvalue weighted by molar-refractivity contribution is -0.132. The van der Waals surface area contributed by atoms with Gasteiger partial charge in [-0.25, -0.2) is 0 Å². The molecule has 3 atom stereocenters. The Labute approximate surface area is 106 Å². The minimum atomic E-state index is 0.0346. The molecular formula is C11H19N5O2. The molecule has 1 saturated carbocycles. The van der Waals surface area contributed by atoms with Crippen molar-refractivity contribution in [2.45, 2.75) is 32.3 Å². The van der Waals surface area contributed by atoms with E-state index in [-0.39, 0.29) is 23.8 Å². The van der Waals surface area contributed by atoms with Gasteiger partial charge in [-0.3, -0.25) is 4.79 Å². The van der Waals surface area contributed by atoms with Crippen LogP contribution in [0.15, 0.2) is 0 Å². The summed E-state index contributed by atoms with van der Waals surface area (Å²) in [5, 5.41) is 13.8. The van der Waals surface area contributed by atoms with Crippen LogP contribution >= 0.6 is 0 Å². The van der Waals surface area contributed by atoms with Crippen molar-refractivity contribution in [3.63, 3.8) is 0 Å². The lowest BCUT2D eigenvalue weighted by atomic mass is 10.1. The molecule has 0 spiro atoms. The Morgan fingerprint density at radius 3 is 3.06 bits per heavy atom. The van der Waals surface area contributed by atoms with Crippen LogP contribution in [0.5, 0.6) is 0 Å². The number of likely N-dealkylation sites (N-methyl/N-ethyl adjacent to an activating group) is 1. The summed E-state index contributed by atoms with van der Waals surface area (Å²) in [7, 11) is 1.81. The van der Waals surface area contributed by atoms with Crippen LogP contribution in [0.2, 0.25) is 0 Å². The predicted molar refractivity (Wildman–Crippen MR) is 63.8 cm³/mol. The zero-order chi connectivity index (χ0) is 13.1. The van der Waals surface area contributed by atoms with Crippen molar-refractivity contribution in [2.24, 2.45) is 5.92 Å². The molecule has 1 amide bonds. The highest BCUT2D eigenvalue weighted by atomic mass is 16.5. The van der Waals surface area contributed by atoms with Crippen molar-refractivity contribution in [1.82, 2.24) is 25.5 Å². The number of carbonyl (C=O) groups excluding carboxylic acids is 1. The van der Waals surface area contributed by atoms with E-state index in [0.717, 1.165) is 6.42 Å². The summed E-state index contributed by atoms with van der Waals surface area (Å²) in [6.45, 7) is 5.18. The van der Waals surface area contributed by atoms with Crippen LogP contribution in [0.3, 0.4) is 0 Å². The van der Waals surface area contributed by atoms with Crippen LogP contribution in [-0.4, -0.2) is 57.7 Å². The van der Waals surface area contributed by atoms with E-state index in [1.165, 1.54) is 0 Å². The lowest BCUT2D eigenvalue weighted by Gasteiger charge is -2.19. The van der Waals surface area contributed by atoms with E-state index in [9.17, 15) is 4.79 Å². The summed E-state index contributed by atoms with van der Waals surface area (Å²) in [4.78, 5) is 13.8. The molecule has 0 saturated heterocycles. The molecule has 100 valence electrons. The number of hydrogen-bond acceptors (Lipinski definition) is 5. The molecule has 0 radical (unpaired) electrons. The molecule has 0 aliphatic heterocycles. The maximum absolute atomic E-state index is 12.1. The van der Waals surface area contributed by atoms with Crippen LogP contribution in [-0.2, 0) is 9.53 Å². The third-order valence-electron chi connectivity index (χ3n) is 3.16. The van der Waals surface area contributed by atoms with Gasteiger partial charge >= 0.3 is 0 Å². The zero-order valence-electron chi connectivity index (χ0n) is 11.0. The Morgan fingerprint density at radius 2 is 2.44 bits per heavy atom. The van der Waals surface area contributed by atoms with Crippen molar-refractivity contribution in [3.8, 4) is 0 Å². The number of aromatic amines is 1. The maximum Gasteiger partial charge on any atom is 0.228 e. The van der Waals surface area contributed by atoms with E-state index in [2.05, 4.69) is 20.6 Å². The van der Waals surface area contributed by atoms with Crippen molar-refractivity contribution in [1.29, 1.82) is 0 Å². The van der Waals surface area contributed by atoms with Crippen LogP contribution in [0.1, 0.15) is 32.0 Å². The molecule has 0 unspecified atom stereocenters. The summed E-state index contributed by atoms with van der Waals surface area (Å²) in [5.74, 6) is 0.880. The number of carbonyl (C=O) groups is 1. The third-order valence-corrected chi connectivity index (χ3v) is 3.16. The minimum Gasteiger partial charge on any atom is -0.378 e. The first-order valence-corrected chi connectivity index (χ1v) is 6.23. The molecule has 0 aromatic carbocycles. The Kier molecular flexibility index (Phi) is 3.90. The summed E-state index contributed by atoms with van der Waals surface area (Å²) in [5.41, 5.74) is 0. The van der Waals surface area contributed by atoms with Gasteiger partial charge in [-0.15, -0.1) is 10.2 Å². The normalized spacial score (nSPS) is 23.7. The Bertz CT molecular complexity index is 394. The smallest absolute Gasteiger partial charge is 0.228 e. The van der Waals surface area contributed by atoms with Crippen LogP contribution in [0.4, 0.5) is 0 Å². The summed E-state index contributed by atoms with van der Waals surface area (Å²) in [6, 6.07) is 0. The molecule has 1 N–H and O–H groups in total. The van der Waals surface area contributed by atoms with Gasteiger partial charge < -0.3 is 9.64 Å². The van der Waals surface area contributed by atoms with Gasteiger partial charge in [0.05, 0.1) is 12.0 Å². The third kappa shape index (κ3) is 2.84. The van der Waals surface area contributed by atoms with Gasteiger partial charge in [-0.05, 0) is 13.3 Å². The number of ether oxygens (including phenoxy) is 1. The number of aromatic nitrogens is 4. The number of nitrogens with zero attached hydrogens (tertiary/aromatic N) is 4. The predicted octanol–water partition coefficient (Wildman–Crippen LogP) is 0.187. The molecule has 0 bridgehead atoms. The molecule has 7 heteroatoms. The van der Waals surface area contributed by atoms with Gasteiger partial charge in [0.15, 0.2) is 5.82 Å². The Balaban J connectivity index is 1.81. The van der Waals surface area contributed by atoms with E-state index >= 15 is 0 Å². The number of rotatable bonds is 6. The first-order chi connectivity index (χ1) is 8.63. The van der Waals surface area contributed by atoms with Crippen LogP contribution < -0.4 is 0 Å². The number of amides is 1. The van der Waals surface area contributed by atoms with E-state index < -0.39 is 0 Å². The van der Waals surface area contributed by atoms with E-state index in [1.54, 1.807) is 11.9 Å². The fourth-order valence-corrected chi connectivity index (χ4v) is 2.07. The highest BCUT2D eigenvalue weighted by molar-refractivity contribution is 5.82. The summed E-state index contributed by atoms with van der Waals surface area (Å²) < 4.78 is 5.43. The Morgan fingerprint density at radius 1 is 1.67 bits per heavy atom. The van der Waals surface area contributed by atoms with Gasteiger partial charge in [0, 0.05) is 26.1 Å². The molecule has 7 nitrogen and oxygen atoms in total. The van der Waals surface area contributed by atoms with Gasteiger partial charge in [0.1, 0.15) is 0 Å². The number of nitrogens with one attached hydrogen (secondary N) is 1. The zero-order valence-corrected chi connectivity index (χ0v) is 11.0. The van der Waals surface area contributed by atoms with Gasteiger partial charge in [0.2, 0.25) is 5.91 Å². The maximum atomic E-state index is 12.1. The van der Waals surface area contributed by atoms with Gasteiger partial charge in [-0.2, -0.15) is 5.21 Å². The summed E-state index contributed by atoms with van der Waals surface area (Å²) in [6.07, 6.45) is 0.957. The first-order valence-electron chi connectivity index (χ1n) is 6.23. The van der Waals surface area contributed by atoms with E-state index in [0.29, 0.717) is 19.0 Å². The molecule has 18 heavy (non-hydrogen) atoms. The largest absolute Gasteiger partial charge is 0.378 e. The Hall–Kier alpha value is -1.50. The molecule has 1 aliphatic carbocycles. The highest BCUT2D eigenvalue weighted by Gasteiger charge is 2.45. The van der Waals surface area contributed by atoms with Crippen LogP contribution in [0, 0.1) is 5.92 Å². The SMILES string of the molecule is CCO[C@@H]1C[C@@H]1C(=O)N(C)C[C@H](C)c1nn[nH]n1. The van der Waals surface area contributed by atoms with Crippen molar-refractivity contribution >= 4 is 5.91 Å². The first kappa shape index (κ1) is 12.9. The van der Waals surface area contributed by atoms with Crippen molar-refractivity contribution in [3.05, 3.63) is 5.82 Å². The standard InChI is InChI=1S/C11H19N5O2/c1-4-18-9-5-8(9)11(17)16(3)6-7(2)10-12-14-15-13-10/h7-9H,4-6H2,1-3H3,(H,12,13,14,15)/t7-,8-,9+/m0/s1. The second-order valence-electron chi connectivity index (χ2n) is 4.73. The second kappa shape index (κ2) is 5.43. The number of H-pyrrole nitrogens is 1. The van der Waals surface area contributed by atoms with Crippen molar-refractivity contribution < 1.29 is 9.53 Å². The minimum absolute atomic E-state index is 0.0346. The quantitative estimate of drug-likeness (QED) is 0.782. The number of hydrogen-bond donors (Lipinski definition) is 1. The molecule has 2 rings (SSSR count). The average Bonchev–Trinajstić information content (AvgIpc) is 2.91. The van der Waals surface area contributed by atoms with Crippen molar-refractivity contribution in [2.75, 3.05) is 20.2 Å². The monoisotopic (exact) mass is 253 g/mol. The van der Waals surface area contributed by atoms with Gasteiger partial charge in [-0.1, -0.05) is 12.1 Å². The van der Waals surface area contributed by atoms with E-state index in [4.69, 9.17) is 4.74 Å². The molecule has 1 aromatic heterocycles. The molecule has 1 aliphatic rings. The molecule has 1 aromatic rings. The molecular weight excluding hydrogens is 234 g/mol. The second-order valence-corrected chi connectivity index (χ2v) is 4.73. The summed E-state index contributed by atoms with van der Waals surface area (Å²) >= 11 is 0. The fourth-order valence-electron chi connectivity index (χ4n) is 2.07. The lowest BCUT2D eigenvalue weighted by Crippen LogP contribution is -2.32. The van der Waals surface area contributed by atoms with Crippen LogP contribution in [0.25, 0.3) is 0 Å². The average molecular weight is 253 g/mol. The van der Waals surface area contributed by atoms with Gasteiger partial charge in [0.25, 0.3) is 0 Å². The molecule has 1 fully saturated rings. The number of tetrazole rings is 1. The molecule has 1 heterocycles. The topological polar surface area (TPSA) is 84.0 Å².